The quantitative estimate of drug-likeness (QED) is 0.197. The number of hydrogen-bond donors (Lipinski definition) is 1. The summed E-state index contributed by atoms with van der Waals surface area (Å²) in [5, 5.41) is 8.85. The zero-order valence-corrected chi connectivity index (χ0v) is 23.1. The Morgan fingerprint density at radius 3 is 2.23 bits per heavy atom. The van der Waals surface area contributed by atoms with E-state index in [0.29, 0.717) is 23.1 Å². The standard InChI is InChI=1S/C32H36N2O5/c1-5-8-23-9-11-25(12-10-23)32-31(24-13-15-26(16-14-24)34(6-2)7-3)33-29(39-32)20-37-27-17-18-28(22(4)19-27)38-21-30(35)36/h9-19H,5-8,20-21H2,1-4H3,(H,35,36). The van der Waals surface area contributed by atoms with Crippen molar-refractivity contribution in [3.05, 3.63) is 83.7 Å². The molecule has 4 rings (SSSR count). The lowest BCUT2D eigenvalue weighted by molar-refractivity contribution is -0.139. The Morgan fingerprint density at radius 2 is 1.62 bits per heavy atom. The van der Waals surface area contributed by atoms with Gasteiger partial charge in [-0.05, 0) is 68.7 Å². The Morgan fingerprint density at radius 1 is 0.923 bits per heavy atom. The molecule has 39 heavy (non-hydrogen) atoms. The monoisotopic (exact) mass is 528 g/mol. The molecule has 0 spiro atoms. The molecular weight excluding hydrogens is 492 g/mol. The molecule has 0 atom stereocenters. The van der Waals surface area contributed by atoms with Crippen LogP contribution < -0.4 is 14.4 Å². The van der Waals surface area contributed by atoms with Gasteiger partial charge in [-0.3, -0.25) is 0 Å². The Bertz CT molecular complexity index is 1370. The molecule has 1 N–H and O–H groups in total. The van der Waals surface area contributed by atoms with Gasteiger partial charge in [-0.1, -0.05) is 49.7 Å². The molecular formula is C32H36N2O5. The molecule has 204 valence electrons. The molecule has 7 nitrogen and oxygen atoms in total. The average molecular weight is 529 g/mol. The second kappa shape index (κ2) is 13.0. The van der Waals surface area contributed by atoms with Crippen LogP contribution in [0.2, 0.25) is 0 Å². The number of benzene rings is 3. The molecule has 0 amide bonds. The van der Waals surface area contributed by atoms with Crippen molar-refractivity contribution in [1.82, 2.24) is 4.98 Å². The molecule has 0 saturated carbocycles. The van der Waals surface area contributed by atoms with Gasteiger partial charge in [0.2, 0.25) is 5.89 Å². The average Bonchev–Trinajstić information content (AvgIpc) is 3.37. The van der Waals surface area contributed by atoms with Gasteiger partial charge in [-0.15, -0.1) is 0 Å². The van der Waals surface area contributed by atoms with Gasteiger partial charge in [0.25, 0.3) is 0 Å². The topological polar surface area (TPSA) is 85.0 Å². The summed E-state index contributed by atoms with van der Waals surface area (Å²) in [5.74, 6) is 1.28. The maximum atomic E-state index is 10.8. The van der Waals surface area contributed by atoms with Crippen LogP contribution in [0.15, 0.2) is 71.1 Å². The summed E-state index contributed by atoms with van der Waals surface area (Å²) >= 11 is 0. The molecule has 4 aromatic rings. The lowest BCUT2D eigenvalue weighted by Gasteiger charge is -2.21. The molecule has 0 radical (unpaired) electrons. The molecule has 0 aliphatic rings. The lowest BCUT2D eigenvalue weighted by atomic mass is 10.0. The predicted octanol–water partition coefficient (Wildman–Crippen LogP) is 7.16. The fourth-order valence-corrected chi connectivity index (χ4v) is 4.51. The number of carboxylic acid groups (broad SMARTS) is 1. The first-order valence-corrected chi connectivity index (χ1v) is 13.4. The minimum Gasteiger partial charge on any atom is -0.484 e. The van der Waals surface area contributed by atoms with E-state index in [4.69, 9.17) is 24.0 Å². The number of aryl methyl sites for hydroxylation is 2. The van der Waals surface area contributed by atoms with Gasteiger partial charge in [-0.2, -0.15) is 0 Å². The van der Waals surface area contributed by atoms with E-state index >= 15 is 0 Å². The molecule has 7 heteroatoms. The molecule has 1 aromatic heterocycles. The number of anilines is 1. The second-order valence-electron chi connectivity index (χ2n) is 9.35. The summed E-state index contributed by atoms with van der Waals surface area (Å²) in [6, 6.07) is 22.1. The van der Waals surface area contributed by atoms with E-state index < -0.39 is 12.6 Å². The third-order valence-corrected chi connectivity index (χ3v) is 6.56. The number of aromatic nitrogens is 1. The zero-order valence-electron chi connectivity index (χ0n) is 23.1. The normalized spacial score (nSPS) is 10.9. The fraction of sp³-hybridized carbons (Fsp3) is 0.312. The third-order valence-electron chi connectivity index (χ3n) is 6.56. The van der Waals surface area contributed by atoms with Crippen molar-refractivity contribution >= 4 is 11.7 Å². The van der Waals surface area contributed by atoms with Crippen LogP contribution in [0.3, 0.4) is 0 Å². The first-order valence-electron chi connectivity index (χ1n) is 13.4. The smallest absolute Gasteiger partial charge is 0.341 e. The highest BCUT2D eigenvalue weighted by Gasteiger charge is 2.18. The molecule has 3 aromatic carbocycles. The number of carbonyl (C=O) groups is 1. The summed E-state index contributed by atoms with van der Waals surface area (Å²) in [4.78, 5) is 17.9. The van der Waals surface area contributed by atoms with Gasteiger partial charge in [-0.25, -0.2) is 9.78 Å². The summed E-state index contributed by atoms with van der Waals surface area (Å²) < 4.78 is 17.6. The fourth-order valence-electron chi connectivity index (χ4n) is 4.51. The lowest BCUT2D eigenvalue weighted by Crippen LogP contribution is -2.21. The Labute approximate surface area is 230 Å². The number of aliphatic carboxylic acids is 1. The van der Waals surface area contributed by atoms with Gasteiger partial charge in [0.05, 0.1) is 0 Å². The molecule has 0 saturated heterocycles. The summed E-state index contributed by atoms with van der Waals surface area (Å²) in [6.45, 7) is 9.97. The Hall–Kier alpha value is -4.26. The van der Waals surface area contributed by atoms with Crippen LogP contribution in [0.25, 0.3) is 22.6 Å². The van der Waals surface area contributed by atoms with E-state index in [1.807, 2.05) is 6.92 Å². The van der Waals surface area contributed by atoms with Crippen LogP contribution in [-0.2, 0) is 17.8 Å². The van der Waals surface area contributed by atoms with Crippen LogP contribution in [0.4, 0.5) is 5.69 Å². The summed E-state index contributed by atoms with van der Waals surface area (Å²) in [7, 11) is 0. The third kappa shape index (κ3) is 6.99. The maximum absolute atomic E-state index is 10.8. The van der Waals surface area contributed by atoms with Crippen molar-refractivity contribution < 1.29 is 23.8 Å². The predicted molar refractivity (Wildman–Crippen MR) is 154 cm³/mol. The summed E-state index contributed by atoms with van der Waals surface area (Å²) in [5.41, 5.74) is 5.96. The maximum Gasteiger partial charge on any atom is 0.341 e. The van der Waals surface area contributed by atoms with Crippen molar-refractivity contribution in [2.24, 2.45) is 0 Å². The number of rotatable bonds is 13. The molecule has 0 aliphatic heterocycles. The van der Waals surface area contributed by atoms with E-state index in [1.54, 1.807) is 18.2 Å². The highest BCUT2D eigenvalue weighted by atomic mass is 16.5. The van der Waals surface area contributed by atoms with Gasteiger partial charge < -0.3 is 23.9 Å². The van der Waals surface area contributed by atoms with E-state index in [-0.39, 0.29) is 6.61 Å². The number of carboxylic acids is 1. The van der Waals surface area contributed by atoms with E-state index in [2.05, 4.69) is 74.2 Å². The molecule has 0 unspecified atom stereocenters. The molecule has 0 fully saturated rings. The van der Waals surface area contributed by atoms with Crippen LogP contribution in [0.5, 0.6) is 11.5 Å². The number of hydrogen-bond acceptors (Lipinski definition) is 6. The number of nitrogens with zero attached hydrogens (tertiary/aromatic N) is 2. The Balaban J connectivity index is 1.60. The van der Waals surface area contributed by atoms with E-state index in [9.17, 15) is 4.79 Å². The van der Waals surface area contributed by atoms with Crippen molar-refractivity contribution in [2.45, 2.75) is 47.1 Å². The highest BCUT2D eigenvalue weighted by molar-refractivity contribution is 5.78. The molecule has 0 aliphatic carbocycles. The largest absolute Gasteiger partial charge is 0.484 e. The van der Waals surface area contributed by atoms with Gasteiger partial charge in [0.15, 0.2) is 19.0 Å². The van der Waals surface area contributed by atoms with E-state index in [0.717, 1.165) is 48.3 Å². The van der Waals surface area contributed by atoms with Crippen LogP contribution in [-0.4, -0.2) is 35.8 Å². The number of ether oxygens (including phenoxy) is 2. The van der Waals surface area contributed by atoms with Gasteiger partial charge >= 0.3 is 5.97 Å². The second-order valence-corrected chi connectivity index (χ2v) is 9.35. The van der Waals surface area contributed by atoms with Crippen molar-refractivity contribution in [3.63, 3.8) is 0 Å². The highest BCUT2D eigenvalue weighted by Crippen LogP contribution is 2.34. The van der Waals surface area contributed by atoms with Crippen LogP contribution in [0.1, 0.15) is 44.2 Å². The van der Waals surface area contributed by atoms with Crippen LogP contribution in [0, 0.1) is 6.92 Å². The molecule has 1 heterocycles. The first kappa shape index (κ1) is 27.8. The van der Waals surface area contributed by atoms with Crippen molar-refractivity contribution in [2.75, 3.05) is 24.6 Å². The Kier molecular flexibility index (Phi) is 9.26. The van der Waals surface area contributed by atoms with Gasteiger partial charge in [0.1, 0.15) is 17.2 Å². The molecule has 0 bridgehead atoms. The van der Waals surface area contributed by atoms with Crippen LogP contribution >= 0.6 is 0 Å². The van der Waals surface area contributed by atoms with Crippen molar-refractivity contribution in [3.8, 4) is 34.1 Å². The SMILES string of the molecule is CCCc1ccc(-c2oc(COc3ccc(OCC(=O)O)c(C)c3)nc2-c2ccc(N(CC)CC)cc2)cc1. The zero-order chi connectivity index (χ0) is 27.8. The van der Waals surface area contributed by atoms with Crippen molar-refractivity contribution in [1.29, 1.82) is 0 Å². The minimum absolute atomic E-state index is 0.146. The van der Waals surface area contributed by atoms with E-state index in [1.165, 1.54) is 11.3 Å². The van der Waals surface area contributed by atoms with Gasteiger partial charge in [0, 0.05) is 29.9 Å². The number of oxazole rings is 1. The minimum atomic E-state index is -1.02. The summed E-state index contributed by atoms with van der Waals surface area (Å²) in [6.07, 6.45) is 2.13. The first-order chi connectivity index (χ1) is 18.9.